The first kappa shape index (κ1) is 11.9. The number of thiophene rings is 1. The highest BCUT2D eigenvalue weighted by Gasteiger charge is 2.23. The lowest BCUT2D eigenvalue weighted by molar-refractivity contribution is 0.0733. The second-order valence-electron chi connectivity index (χ2n) is 3.82. The number of nitrogens with zero attached hydrogens (tertiary/aromatic N) is 1. The molecular weight excluding hydrogens is 290 g/mol. The molecule has 1 aromatic heterocycles. The monoisotopic (exact) mass is 303 g/mol. The van der Waals surface area contributed by atoms with Gasteiger partial charge in [0.1, 0.15) is 5.75 Å². The zero-order chi connectivity index (χ0) is 11.5. The number of carbonyl (C=O) groups is 1. The predicted octanol–water partition coefficient (Wildman–Crippen LogP) is 2.76. The minimum Gasteiger partial charge on any atom is -0.496 e. The highest BCUT2D eigenvalue weighted by molar-refractivity contribution is 9.09. The van der Waals surface area contributed by atoms with Crippen molar-refractivity contribution in [2.75, 3.05) is 20.2 Å². The van der Waals surface area contributed by atoms with Crippen LogP contribution in [0.5, 0.6) is 5.75 Å². The molecule has 1 aliphatic rings. The van der Waals surface area contributed by atoms with Crippen molar-refractivity contribution in [3.63, 3.8) is 0 Å². The number of halogens is 1. The van der Waals surface area contributed by atoms with Crippen LogP contribution in [0.4, 0.5) is 0 Å². The molecule has 0 N–H and O–H groups in total. The van der Waals surface area contributed by atoms with Crippen molar-refractivity contribution in [2.24, 2.45) is 0 Å². The number of carbonyl (C=O) groups excluding carboxylic acids is 1. The van der Waals surface area contributed by atoms with Gasteiger partial charge in [-0.3, -0.25) is 4.79 Å². The third-order valence-electron chi connectivity index (χ3n) is 2.73. The van der Waals surface area contributed by atoms with Crippen molar-refractivity contribution in [3.8, 4) is 5.75 Å². The summed E-state index contributed by atoms with van der Waals surface area (Å²) in [6.07, 6.45) is 2.07. The number of rotatable bonds is 2. The van der Waals surface area contributed by atoms with Gasteiger partial charge >= 0.3 is 0 Å². The van der Waals surface area contributed by atoms with Crippen LogP contribution in [0.15, 0.2) is 11.4 Å². The highest BCUT2D eigenvalue weighted by atomic mass is 79.9. The number of piperidine rings is 1. The summed E-state index contributed by atoms with van der Waals surface area (Å²) in [6, 6.07) is 1.81. The maximum atomic E-state index is 12.1. The Morgan fingerprint density at radius 2 is 2.25 bits per heavy atom. The van der Waals surface area contributed by atoms with Gasteiger partial charge < -0.3 is 9.64 Å². The molecule has 3 nitrogen and oxygen atoms in total. The van der Waals surface area contributed by atoms with Crippen LogP contribution in [-0.4, -0.2) is 35.8 Å². The largest absolute Gasteiger partial charge is 0.496 e. The summed E-state index contributed by atoms with van der Waals surface area (Å²) in [6.45, 7) is 1.68. The molecule has 5 heteroatoms. The van der Waals surface area contributed by atoms with Gasteiger partial charge in [-0.2, -0.15) is 0 Å². The van der Waals surface area contributed by atoms with E-state index in [1.165, 1.54) is 11.3 Å². The molecule has 1 aliphatic heterocycles. The van der Waals surface area contributed by atoms with E-state index in [2.05, 4.69) is 15.9 Å². The fourth-order valence-electron chi connectivity index (χ4n) is 1.74. The topological polar surface area (TPSA) is 29.5 Å². The highest BCUT2D eigenvalue weighted by Crippen LogP contribution is 2.25. The number of hydrogen-bond acceptors (Lipinski definition) is 3. The molecule has 0 saturated carbocycles. The molecule has 2 rings (SSSR count). The predicted molar refractivity (Wildman–Crippen MR) is 68.7 cm³/mol. The van der Waals surface area contributed by atoms with Gasteiger partial charge in [0.15, 0.2) is 0 Å². The quantitative estimate of drug-likeness (QED) is 0.786. The van der Waals surface area contributed by atoms with Crippen LogP contribution in [0, 0.1) is 0 Å². The van der Waals surface area contributed by atoms with E-state index < -0.39 is 0 Å². The number of likely N-dealkylation sites (tertiary alicyclic amines) is 1. The first-order valence-corrected chi connectivity index (χ1v) is 7.06. The van der Waals surface area contributed by atoms with Gasteiger partial charge in [-0.15, -0.1) is 11.3 Å². The molecule has 16 heavy (non-hydrogen) atoms. The molecule has 1 aromatic rings. The van der Waals surface area contributed by atoms with Crippen molar-refractivity contribution < 1.29 is 9.53 Å². The third kappa shape index (κ3) is 2.58. The van der Waals surface area contributed by atoms with Gasteiger partial charge in [0, 0.05) is 29.4 Å². The van der Waals surface area contributed by atoms with Crippen molar-refractivity contribution in [3.05, 3.63) is 16.3 Å². The Morgan fingerprint density at radius 3 is 2.81 bits per heavy atom. The lowest BCUT2D eigenvalue weighted by Gasteiger charge is -2.29. The van der Waals surface area contributed by atoms with Gasteiger partial charge in [0.05, 0.1) is 12.0 Å². The van der Waals surface area contributed by atoms with E-state index >= 15 is 0 Å². The molecule has 2 heterocycles. The Balaban J connectivity index is 2.01. The van der Waals surface area contributed by atoms with E-state index in [9.17, 15) is 4.79 Å². The van der Waals surface area contributed by atoms with Crippen LogP contribution in [0.1, 0.15) is 22.5 Å². The minimum absolute atomic E-state index is 0.132. The van der Waals surface area contributed by atoms with E-state index in [0.29, 0.717) is 4.83 Å². The average Bonchev–Trinajstić information content (AvgIpc) is 2.77. The zero-order valence-corrected chi connectivity index (χ0v) is 11.5. The van der Waals surface area contributed by atoms with E-state index in [1.54, 1.807) is 7.11 Å². The number of methoxy groups -OCH3 is 1. The van der Waals surface area contributed by atoms with Crippen molar-refractivity contribution in [1.82, 2.24) is 4.90 Å². The molecule has 0 atom stereocenters. The van der Waals surface area contributed by atoms with Gasteiger partial charge in [0.2, 0.25) is 0 Å². The summed E-state index contributed by atoms with van der Waals surface area (Å²) in [5.74, 6) is 0.899. The maximum absolute atomic E-state index is 12.1. The molecule has 0 unspecified atom stereocenters. The van der Waals surface area contributed by atoms with E-state index in [1.807, 2.05) is 16.3 Å². The lowest BCUT2D eigenvalue weighted by Crippen LogP contribution is -2.38. The van der Waals surface area contributed by atoms with Crippen LogP contribution in [-0.2, 0) is 0 Å². The first-order valence-electron chi connectivity index (χ1n) is 5.26. The van der Waals surface area contributed by atoms with Crippen LogP contribution in [0.2, 0.25) is 0 Å². The Kier molecular flexibility index (Phi) is 3.86. The SMILES string of the molecule is COc1csc(C(=O)N2CCC(Br)CC2)c1. The smallest absolute Gasteiger partial charge is 0.264 e. The molecule has 0 aliphatic carbocycles. The Labute approximate surface area is 108 Å². The van der Waals surface area contributed by atoms with Crippen molar-refractivity contribution >= 4 is 33.2 Å². The van der Waals surface area contributed by atoms with Crippen molar-refractivity contribution in [2.45, 2.75) is 17.7 Å². The number of ether oxygens (including phenoxy) is 1. The van der Waals surface area contributed by atoms with Crippen LogP contribution >= 0.6 is 27.3 Å². The lowest BCUT2D eigenvalue weighted by atomic mass is 10.1. The van der Waals surface area contributed by atoms with Crippen LogP contribution in [0.3, 0.4) is 0 Å². The normalized spacial score (nSPS) is 17.5. The molecule has 1 saturated heterocycles. The van der Waals surface area contributed by atoms with Gasteiger partial charge in [-0.05, 0) is 12.8 Å². The second kappa shape index (κ2) is 5.19. The summed E-state index contributed by atoms with van der Waals surface area (Å²) in [5, 5.41) is 1.87. The van der Waals surface area contributed by atoms with Crippen LogP contribution < -0.4 is 4.74 Å². The van der Waals surface area contributed by atoms with E-state index in [0.717, 1.165) is 36.6 Å². The zero-order valence-electron chi connectivity index (χ0n) is 9.11. The second-order valence-corrected chi connectivity index (χ2v) is 6.02. The fraction of sp³-hybridized carbons (Fsp3) is 0.545. The Morgan fingerprint density at radius 1 is 1.56 bits per heavy atom. The first-order chi connectivity index (χ1) is 7.70. The Hall–Kier alpha value is -0.550. The van der Waals surface area contributed by atoms with Crippen molar-refractivity contribution in [1.29, 1.82) is 0 Å². The third-order valence-corrected chi connectivity index (χ3v) is 4.55. The van der Waals surface area contributed by atoms with Gasteiger partial charge in [-0.1, -0.05) is 15.9 Å². The van der Waals surface area contributed by atoms with Gasteiger partial charge in [0.25, 0.3) is 5.91 Å². The molecular formula is C11H14BrNO2S. The molecule has 1 amide bonds. The summed E-state index contributed by atoms with van der Waals surface area (Å²) in [7, 11) is 1.62. The molecule has 88 valence electrons. The van der Waals surface area contributed by atoms with Gasteiger partial charge in [-0.25, -0.2) is 0 Å². The number of hydrogen-bond donors (Lipinski definition) is 0. The van der Waals surface area contributed by atoms with E-state index in [4.69, 9.17) is 4.74 Å². The molecule has 0 radical (unpaired) electrons. The molecule has 0 spiro atoms. The summed E-state index contributed by atoms with van der Waals surface area (Å²) in [4.78, 5) is 15.4. The minimum atomic E-state index is 0.132. The maximum Gasteiger partial charge on any atom is 0.264 e. The summed E-state index contributed by atoms with van der Waals surface area (Å²) in [5.41, 5.74) is 0. The van der Waals surface area contributed by atoms with E-state index in [-0.39, 0.29) is 5.91 Å². The number of alkyl halides is 1. The molecule has 0 aromatic carbocycles. The van der Waals surface area contributed by atoms with Crippen LogP contribution in [0.25, 0.3) is 0 Å². The molecule has 1 fully saturated rings. The number of amides is 1. The summed E-state index contributed by atoms with van der Waals surface area (Å²) >= 11 is 5.03. The summed E-state index contributed by atoms with van der Waals surface area (Å²) < 4.78 is 5.08. The Bertz CT molecular complexity index is 372. The fourth-order valence-corrected chi connectivity index (χ4v) is 2.98. The molecule has 0 bridgehead atoms. The standard InChI is InChI=1S/C11H14BrNO2S/c1-15-9-6-10(16-7-9)11(14)13-4-2-8(12)3-5-13/h6-8H,2-5H2,1H3. The average molecular weight is 304 g/mol.